The molecule has 86 valence electrons. The van der Waals surface area contributed by atoms with Crippen LogP contribution in [0.15, 0.2) is 12.1 Å². The highest BCUT2D eigenvalue weighted by molar-refractivity contribution is 5.41. The number of rotatable bonds is 3. The summed E-state index contributed by atoms with van der Waals surface area (Å²) >= 11 is 0. The molecule has 0 amide bonds. The van der Waals surface area contributed by atoms with Crippen LogP contribution in [0.5, 0.6) is 5.75 Å². The summed E-state index contributed by atoms with van der Waals surface area (Å²) in [5, 5.41) is 8.72. The number of benzene rings is 1. The van der Waals surface area contributed by atoms with E-state index in [1.165, 1.54) is 11.1 Å². The third-order valence-corrected chi connectivity index (χ3v) is 2.68. The van der Waals surface area contributed by atoms with Crippen molar-refractivity contribution in [3.05, 3.63) is 28.8 Å². The molecule has 16 heavy (non-hydrogen) atoms. The molecule has 0 aromatic heterocycles. The fraction of sp³-hybridized carbons (Fsp3) is 0.500. The Labute approximate surface area is 97.9 Å². The summed E-state index contributed by atoms with van der Waals surface area (Å²) in [7, 11) is 0. The molecule has 2 nitrogen and oxygen atoms in total. The van der Waals surface area contributed by atoms with Gasteiger partial charge in [0.05, 0.1) is 12.5 Å². The molecule has 0 heterocycles. The van der Waals surface area contributed by atoms with Crippen molar-refractivity contribution in [3.63, 3.8) is 0 Å². The van der Waals surface area contributed by atoms with Crippen molar-refractivity contribution in [2.24, 2.45) is 0 Å². The van der Waals surface area contributed by atoms with Gasteiger partial charge in [-0.05, 0) is 57.4 Å². The Morgan fingerprint density at radius 2 is 1.69 bits per heavy atom. The van der Waals surface area contributed by atoms with Gasteiger partial charge in [-0.3, -0.25) is 0 Å². The van der Waals surface area contributed by atoms with Gasteiger partial charge in [0.2, 0.25) is 0 Å². The largest absolute Gasteiger partial charge is 0.487 e. The molecule has 1 aromatic rings. The van der Waals surface area contributed by atoms with E-state index in [1.54, 1.807) is 0 Å². The van der Waals surface area contributed by atoms with Crippen LogP contribution in [0.2, 0.25) is 0 Å². The highest BCUT2D eigenvalue weighted by atomic mass is 16.5. The van der Waals surface area contributed by atoms with Gasteiger partial charge in [0.15, 0.2) is 0 Å². The molecule has 0 N–H and O–H groups in total. The van der Waals surface area contributed by atoms with Crippen molar-refractivity contribution >= 4 is 0 Å². The highest BCUT2D eigenvalue weighted by Crippen LogP contribution is 2.27. The standard InChI is InChI=1S/C14H19NO/c1-10-8-12(3)13(9-11(10)2)16-14(4,5)6-7-15/h8-9H,6H2,1-5H3. The minimum Gasteiger partial charge on any atom is -0.487 e. The van der Waals surface area contributed by atoms with Crippen molar-refractivity contribution in [1.82, 2.24) is 0 Å². The third-order valence-electron chi connectivity index (χ3n) is 2.68. The maximum absolute atomic E-state index is 8.72. The smallest absolute Gasteiger partial charge is 0.123 e. The van der Waals surface area contributed by atoms with E-state index in [1.807, 2.05) is 26.8 Å². The lowest BCUT2D eigenvalue weighted by molar-refractivity contribution is 0.114. The molecule has 0 aliphatic rings. The predicted octanol–water partition coefficient (Wildman–Crippen LogP) is 3.68. The lowest BCUT2D eigenvalue weighted by Gasteiger charge is -2.25. The van der Waals surface area contributed by atoms with E-state index in [4.69, 9.17) is 10.00 Å². The first kappa shape index (κ1) is 12.6. The van der Waals surface area contributed by atoms with Gasteiger partial charge in [0.25, 0.3) is 0 Å². The van der Waals surface area contributed by atoms with E-state index in [-0.39, 0.29) is 0 Å². The molecule has 0 radical (unpaired) electrons. The number of ether oxygens (including phenoxy) is 1. The number of hydrogen-bond acceptors (Lipinski definition) is 2. The highest BCUT2D eigenvalue weighted by Gasteiger charge is 2.20. The second-order valence-electron chi connectivity index (χ2n) is 4.90. The average Bonchev–Trinajstić information content (AvgIpc) is 2.13. The molecular formula is C14H19NO. The van der Waals surface area contributed by atoms with Crippen molar-refractivity contribution in [2.45, 2.75) is 46.6 Å². The van der Waals surface area contributed by atoms with E-state index in [9.17, 15) is 0 Å². The summed E-state index contributed by atoms with van der Waals surface area (Å²) in [6, 6.07) is 6.31. The van der Waals surface area contributed by atoms with Gasteiger partial charge in [-0.25, -0.2) is 0 Å². The van der Waals surface area contributed by atoms with E-state index in [2.05, 4.69) is 26.0 Å². The normalized spacial score (nSPS) is 11.0. The molecule has 1 aromatic carbocycles. The zero-order valence-corrected chi connectivity index (χ0v) is 10.7. The van der Waals surface area contributed by atoms with Gasteiger partial charge in [-0.2, -0.15) is 5.26 Å². The maximum Gasteiger partial charge on any atom is 0.123 e. The Morgan fingerprint density at radius 1 is 1.12 bits per heavy atom. The van der Waals surface area contributed by atoms with Gasteiger partial charge in [-0.15, -0.1) is 0 Å². The van der Waals surface area contributed by atoms with Crippen LogP contribution in [-0.4, -0.2) is 5.60 Å². The predicted molar refractivity (Wildman–Crippen MR) is 65.6 cm³/mol. The van der Waals surface area contributed by atoms with E-state index >= 15 is 0 Å². The van der Waals surface area contributed by atoms with Gasteiger partial charge < -0.3 is 4.74 Å². The molecule has 1 rings (SSSR count). The first-order valence-electron chi connectivity index (χ1n) is 5.49. The van der Waals surface area contributed by atoms with Gasteiger partial charge in [0, 0.05) is 0 Å². The topological polar surface area (TPSA) is 33.0 Å². The second-order valence-corrected chi connectivity index (χ2v) is 4.90. The maximum atomic E-state index is 8.72. The molecule has 0 unspecified atom stereocenters. The zero-order valence-electron chi connectivity index (χ0n) is 10.7. The number of hydrogen-bond donors (Lipinski definition) is 0. The Bertz CT molecular complexity index is 427. The third kappa shape index (κ3) is 3.00. The Hall–Kier alpha value is -1.49. The minimum atomic E-state index is -0.429. The van der Waals surface area contributed by atoms with Crippen molar-refractivity contribution in [3.8, 4) is 11.8 Å². The first-order valence-corrected chi connectivity index (χ1v) is 5.49. The summed E-state index contributed by atoms with van der Waals surface area (Å²) < 4.78 is 5.89. The van der Waals surface area contributed by atoms with Crippen LogP contribution in [0.25, 0.3) is 0 Å². The molecular weight excluding hydrogens is 198 g/mol. The quantitative estimate of drug-likeness (QED) is 0.773. The molecule has 2 heteroatoms. The van der Waals surface area contributed by atoms with Crippen LogP contribution in [0.1, 0.15) is 37.0 Å². The van der Waals surface area contributed by atoms with Crippen LogP contribution in [0.4, 0.5) is 0 Å². The number of nitriles is 1. The lowest BCUT2D eigenvalue weighted by atomic mass is 10.0. The van der Waals surface area contributed by atoms with Crippen molar-refractivity contribution in [2.75, 3.05) is 0 Å². The van der Waals surface area contributed by atoms with Gasteiger partial charge in [-0.1, -0.05) is 6.07 Å². The summed E-state index contributed by atoms with van der Waals surface area (Å²) in [6.07, 6.45) is 0.388. The monoisotopic (exact) mass is 217 g/mol. The molecule has 0 saturated heterocycles. The summed E-state index contributed by atoms with van der Waals surface area (Å²) in [5.74, 6) is 0.878. The van der Waals surface area contributed by atoms with E-state index < -0.39 is 5.60 Å². The SMILES string of the molecule is Cc1cc(C)c(OC(C)(C)CC#N)cc1C. The van der Waals surface area contributed by atoms with Crippen molar-refractivity contribution < 1.29 is 4.74 Å². The Morgan fingerprint density at radius 3 is 2.25 bits per heavy atom. The van der Waals surface area contributed by atoms with Crippen LogP contribution in [0.3, 0.4) is 0 Å². The van der Waals surface area contributed by atoms with Gasteiger partial charge >= 0.3 is 0 Å². The minimum absolute atomic E-state index is 0.388. The molecule has 0 aliphatic heterocycles. The molecule has 0 aliphatic carbocycles. The van der Waals surface area contributed by atoms with Crippen molar-refractivity contribution in [1.29, 1.82) is 5.26 Å². The molecule has 0 spiro atoms. The molecule has 0 fully saturated rings. The molecule has 0 saturated carbocycles. The second kappa shape index (κ2) is 4.57. The van der Waals surface area contributed by atoms with Crippen LogP contribution in [-0.2, 0) is 0 Å². The van der Waals surface area contributed by atoms with E-state index in [0.717, 1.165) is 11.3 Å². The molecule has 0 atom stereocenters. The Kier molecular flexibility index (Phi) is 3.59. The molecule has 0 bridgehead atoms. The number of aryl methyl sites for hydroxylation is 3. The zero-order chi connectivity index (χ0) is 12.3. The summed E-state index contributed by atoms with van der Waals surface area (Å²) in [4.78, 5) is 0. The fourth-order valence-electron chi connectivity index (χ4n) is 1.57. The average molecular weight is 217 g/mol. The summed E-state index contributed by atoms with van der Waals surface area (Å²) in [5.41, 5.74) is 3.17. The number of nitrogens with zero attached hydrogens (tertiary/aromatic N) is 1. The van der Waals surface area contributed by atoms with Crippen LogP contribution in [0, 0.1) is 32.1 Å². The summed E-state index contributed by atoms with van der Waals surface area (Å²) in [6.45, 7) is 10.1. The Balaban J connectivity index is 2.98. The lowest BCUT2D eigenvalue weighted by Crippen LogP contribution is -2.27. The van der Waals surface area contributed by atoms with E-state index in [0.29, 0.717) is 6.42 Å². The fourth-order valence-corrected chi connectivity index (χ4v) is 1.57. The van der Waals surface area contributed by atoms with Gasteiger partial charge in [0.1, 0.15) is 11.4 Å². The van der Waals surface area contributed by atoms with Crippen LogP contribution < -0.4 is 4.74 Å². The van der Waals surface area contributed by atoms with Crippen LogP contribution >= 0.6 is 0 Å². The first-order chi connectivity index (χ1) is 7.35.